The van der Waals surface area contributed by atoms with Gasteiger partial charge in [0.15, 0.2) is 0 Å². The molecule has 0 aromatic heterocycles. The Kier molecular flexibility index (Phi) is 40.3. The molecule has 0 aliphatic heterocycles. The Morgan fingerprint density at radius 1 is 0.542 bits per heavy atom. The summed E-state index contributed by atoms with van der Waals surface area (Å²) in [6.07, 6.45) is 57.1. The van der Waals surface area contributed by atoms with E-state index in [9.17, 15) is 19.0 Å². The second-order valence-corrected chi connectivity index (χ2v) is 15.5. The zero-order valence-corrected chi connectivity index (χ0v) is 37.2. The van der Waals surface area contributed by atoms with Crippen LogP contribution in [-0.4, -0.2) is 60.5 Å². The molecule has 4 N–H and O–H groups in total. The van der Waals surface area contributed by atoms with Crippen LogP contribution in [0.4, 0.5) is 0 Å². The third-order valence-electron chi connectivity index (χ3n) is 8.55. The first kappa shape index (κ1) is 55.6. The van der Waals surface area contributed by atoms with Crippen molar-refractivity contribution in [2.75, 3.05) is 26.4 Å². The van der Waals surface area contributed by atoms with Crippen LogP contribution < -0.4 is 5.73 Å². The van der Waals surface area contributed by atoms with Gasteiger partial charge < -0.3 is 25.2 Å². The third-order valence-corrected chi connectivity index (χ3v) is 9.50. The van der Waals surface area contributed by atoms with Crippen LogP contribution in [0.3, 0.4) is 0 Å². The van der Waals surface area contributed by atoms with E-state index >= 15 is 0 Å². The number of rotatable bonds is 40. The second kappa shape index (κ2) is 42.7. The van der Waals surface area contributed by atoms with Crippen molar-refractivity contribution in [3.05, 3.63) is 109 Å². The molecule has 10 nitrogen and oxygen atoms in total. The lowest BCUT2D eigenvalue weighted by atomic mass is 10.1. The van der Waals surface area contributed by atoms with Crippen LogP contribution >= 0.6 is 7.82 Å². The van der Waals surface area contributed by atoms with Gasteiger partial charge in [-0.2, -0.15) is 0 Å². The second-order valence-electron chi connectivity index (χ2n) is 14.1. The van der Waals surface area contributed by atoms with Crippen LogP contribution in [0, 0.1) is 0 Å². The zero-order chi connectivity index (χ0) is 43.3. The summed E-state index contributed by atoms with van der Waals surface area (Å²) in [6.45, 7) is 3.54. The van der Waals surface area contributed by atoms with E-state index in [2.05, 4.69) is 123 Å². The lowest BCUT2D eigenvalue weighted by Crippen LogP contribution is -2.34. The fraction of sp³-hybridized carbons (Fsp3) is 0.583. The Morgan fingerprint density at radius 2 is 0.932 bits per heavy atom. The van der Waals surface area contributed by atoms with E-state index in [0.29, 0.717) is 13.0 Å². The number of phosphoric ester groups is 1. The molecule has 3 unspecified atom stereocenters. The van der Waals surface area contributed by atoms with Gasteiger partial charge in [-0.15, -0.1) is 0 Å². The lowest BCUT2D eigenvalue weighted by Gasteiger charge is -2.20. The summed E-state index contributed by atoms with van der Waals surface area (Å²) in [5.74, 6) is -1.83. The summed E-state index contributed by atoms with van der Waals surface area (Å²) in [4.78, 5) is 33.6. The average Bonchev–Trinajstić information content (AvgIpc) is 3.21. The number of carbonyl (C=O) groups is 2. The quantitative estimate of drug-likeness (QED) is 0.0235. The number of aliphatic carboxylic acids is 1. The maximum atomic E-state index is 12.6. The number of unbranched alkanes of at least 4 members (excludes halogenated alkanes) is 8. The molecule has 0 aliphatic rings. The van der Waals surface area contributed by atoms with Crippen LogP contribution in [0.15, 0.2) is 109 Å². The Morgan fingerprint density at radius 3 is 1.39 bits per heavy atom. The normalized spacial score (nSPS) is 14.9. The predicted molar refractivity (Wildman–Crippen MR) is 244 cm³/mol. The van der Waals surface area contributed by atoms with E-state index in [0.717, 1.165) is 116 Å². The van der Waals surface area contributed by atoms with E-state index in [1.165, 1.54) is 0 Å². The van der Waals surface area contributed by atoms with Gasteiger partial charge in [-0.25, -0.2) is 4.57 Å². The van der Waals surface area contributed by atoms with Gasteiger partial charge >= 0.3 is 19.8 Å². The Balaban J connectivity index is 4.38. The van der Waals surface area contributed by atoms with E-state index < -0.39 is 45.1 Å². The van der Waals surface area contributed by atoms with Crippen LogP contribution in [0.5, 0.6) is 0 Å². The first-order valence-corrected chi connectivity index (χ1v) is 23.4. The molecule has 3 atom stereocenters. The number of carboxylic acid groups (broad SMARTS) is 1. The molecule has 0 bridgehead atoms. The van der Waals surface area contributed by atoms with Crippen LogP contribution in [0.1, 0.15) is 142 Å². The summed E-state index contributed by atoms with van der Waals surface area (Å²) in [5, 5.41) is 8.90. The first-order chi connectivity index (χ1) is 28.7. The lowest BCUT2D eigenvalue weighted by molar-refractivity contribution is -0.154. The Bertz CT molecular complexity index is 1350. The molecule has 0 amide bonds. The maximum Gasteiger partial charge on any atom is 0.472 e. The summed E-state index contributed by atoms with van der Waals surface area (Å²) >= 11 is 0. The van der Waals surface area contributed by atoms with Crippen molar-refractivity contribution >= 4 is 19.8 Å². The van der Waals surface area contributed by atoms with E-state index in [1.807, 2.05) is 0 Å². The summed E-state index contributed by atoms with van der Waals surface area (Å²) in [5.41, 5.74) is 5.35. The molecule has 0 saturated carbocycles. The molecule has 0 fully saturated rings. The number of esters is 1. The van der Waals surface area contributed by atoms with Gasteiger partial charge in [0.2, 0.25) is 0 Å². The highest BCUT2D eigenvalue weighted by Crippen LogP contribution is 2.43. The number of nitrogens with two attached hydrogens (primary N) is 1. The van der Waals surface area contributed by atoms with E-state index in [4.69, 9.17) is 29.4 Å². The van der Waals surface area contributed by atoms with Crippen molar-refractivity contribution in [2.45, 2.75) is 154 Å². The Hall–Kier alpha value is -3.37. The van der Waals surface area contributed by atoms with Crippen LogP contribution in [0.2, 0.25) is 0 Å². The molecule has 0 radical (unpaired) electrons. The van der Waals surface area contributed by atoms with Gasteiger partial charge in [-0.05, 0) is 96.3 Å². The third kappa shape index (κ3) is 42.6. The standard InChI is InChI=1S/C48H78NO9P/c1-3-5-7-9-11-13-15-17-19-21-23-24-26-28-30-32-34-36-38-40-47(50)58-45(43-56-59(53,54)57-44-46(49)48(51)52)42-55-41-39-37-35-33-31-29-27-25-22-20-18-16-14-12-10-8-6-4-2/h5-8,11-14,17-20,23-25,27-28,30,45-46H,3-4,9-10,15-16,21-22,26,29,31-44,49H2,1-2H3,(H,51,52)(H,53,54)/b7-5-,8-6-,13-11-,14-12-,19-17-,20-18-,24-23-,27-25-,30-28-. The highest BCUT2D eigenvalue weighted by molar-refractivity contribution is 7.47. The molecule has 0 spiro atoms. The molecule has 0 aliphatic carbocycles. The minimum absolute atomic E-state index is 0.0176. The van der Waals surface area contributed by atoms with Crippen LogP contribution in [0.25, 0.3) is 0 Å². The molecule has 334 valence electrons. The largest absolute Gasteiger partial charge is 0.480 e. The van der Waals surface area contributed by atoms with Crippen LogP contribution in [-0.2, 0) is 32.7 Å². The fourth-order valence-corrected chi connectivity index (χ4v) is 5.99. The summed E-state index contributed by atoms with van der Waals surface area (Å²) in [6, 6.07) is -1.49. The topological polar surface area (TPSA) is 155 Å². The van der Waals surface area contributed by atoms with Crippen molar-refractivity contribution in [3.63, 3.8) is 0 Å². The molecular weight excluding hydrogens is 766 g/mol. The molecular formula is C48H78NO9P. The summed E-state index contributed by atoms with van der Waals surface area (Å²) in [7, 11) is -4.64. The van der Waals surface area contributed by atoms with Gasteiger partial charge in [0.25, 0.3) is 0 Å². The zero-order valence-electron chi connectivity index (χ0n) is 36.3. The van der Waals surface area contributed by atoms with Crippen molar-refractivity contribution in [2.24, 2.45) is 5.73 Å². The van der Waals surface area contributed by atoms with Crippen molar-refractivity contribution in [3.8, 4) is 0 Å². The van der Waals surface area contributed by atoms with Gasteiger partial charge in [0.05, 0.1) is 19.8 Å². The highest BCUT2D eigenvalue weighted by Gasteiger charge is 2.27. The minimum Gasteiger partial charge on any atom is -0.480 e. The first-order valence-electron chi connectivity index (χ1n) is 21.9. The SMILES string of the molecule is CC/C=C\C/C=C\C/C=C\C/C=C\C/C=C\CCCCCC(=O)OC(COCCCCCCC/C=C\C/C=C\C/C=C\C/C=C\CC)COP(=O)(O)OCC(N)C(=O)O. The van der Waals surface area contributed by atoms with Gasteiger partial charge in [-0.3, -0.25) is 18.6 Å². The monoisotopic (exact) mass is 844 g/mol. The predicted octanol–water partition coefficient (Wildman–Crippen LogP) is 12.3. The van der Waals surface area contributed by atoms with Gasteiger partial charge in [0.1, 0.15) is 12.1 Å². The number of carbonyl (C=O) groups excluding carboxylic acids is 1. The molecule has 0 aromatic carbocycles. The molecule has 0 rings (SSSR count). The molecule has 11 heteroatoms. The molecule has 0 aromatic rings. The van der Waals surface area contributed by atoms with Crippen molar-refractivity contribution in [1.29, 1.82) is 0 Å². The number of carboxylic acids is 1. The minimum atomic E-state index is -4.64. The maximum absolute atomic E-state index is 12.6. The van der Waals surface area contributed by atoms with E-state index in [-0.39, 0.29) is 13.0 Å². The molecule has 59 heavy (non-hydrogen) atoms. The highest BCUT2D eigenvalue weighted by atomic mass is 31.2. The number of phosphoric acid groups is 1. The van der Waals surface area contributed by atoms with E-state index in [1.54, 1.807) is 0 Å². The number of allylic oxidation sites excluding steroid dienone is 18. The average molecular weight is 844 g/mol. The summed E-state index contributed by atoms with van der Waals surface area (Å²) < 4.78 is 33.3. The van der Waals surface area contributed by atoms with Gasteiger partial charge in [0, 0.05) is 13.0 Å². The van der Waals surface area contributed by atoms with Crippen molar-refractivity contribution < 1.29 is 42.7 Å². The molecule has 0 saturated heterocycles. The number of hydrogen-bond acceptors (Lipinski definition) is 8. The van der Waals surface area contributed by atoms with Gasteiger partial charge in [-0.1, -0.05) is 149 Å². The number of ether oxygens (including phenoxy) is 2. The Labute approximate surface area is 357 Å². The fourth-order valence-electron chi connectivity index (χ4n) is 5.21. The van der Waals surface area contributed by atoms with Crippen molar-refractivity contribution in [1.82, 2.24) is 0 Å². The smallest absolute Gasteiger partial charge is 0.472 e. The number of hydrogen-bond donors (Lipinski definition) is 3. The molecule has 0 heterocycles.